The second-order valence-electron chi connectivity index (χ2n) is 7.99. The average molecular weight is 396 g/mol. The van der Waals surface area contributed by atoms with Gasteiger partial charge in [0, 0.05) is 12.1 Å². The van der Waals surface area contributed by atoms with Crippen molar-refractivity contribution in [3.8, 4) is 5.75 Å². The second-order valence-corrected chi connectivity index (χ2v) is 7.99. The molecule has 0 amide bonds. The Morgan fingerprint density at radius 3 is 2.55 bits per heavy atom. The van der Waals surface area contributed by atoms with E-state index in [1.165, 1.54) is 5.56 Å². The molecule has 3 aromatic rings. The molecule has 1 fully saturated rings. The van der Waals surface area contributed by atoms with Gasteiger partial charge < -0.3 is 19.6 Å². The van der Waals surface area contributed by atoms with Crippen LogP contribution in [0.5, 0.6) is 5.75 Å². The maximum Gasteiger partial charge on any atom is 0.417 e. The number of nitrogens with one attached hydrogen (secondary N) is 2. The number of hydrogen-bond donors (Lipinski definition) is 3. The fourth-order valence-corrected chi connectivity index (χ4v) is 4.36. The van der Waals surface area contributed by atoms with E-state index in [0.717, 1.165) is 42.5 Å². The fourth-order valence-electron chi connectivity index (χ4n) is 4.36. The van der Waals surface area contributed by atoms with E-state index in [-0.39, 0.29) is 6.04 Å². The van der Waals surface area contributed by atoms with Gasteiger partial charge in [-0.3, -0.25) is 4.98 Å². The maximum atomic E-state index is 11.4. The van der Waals surface area contributed by atoms with Gasteiger partial charge in [-0.15, -0.1) is 0 Å². The Morgan fingerprint density at radius 1 is 1.14 bits per heavy atom. The topological polar surface area (TPSA) is 87.5 Å². The number of aromatic nitrogens is 1. The first-order valence-electron chi connectivity index (χ1n) is 10.2. The van der Waals surface area contributed by atoms with E-state index >= 15 is 0 Å². The molecule has 6 heteroatoms. The first kappa shape index (κ1) is 19.7. The van der Waals surface area contributed by atoms with Crippen LogP contribution < -0.4 is 15.8 Å². The molecule has 1 heterocycles. The lowest BCUT2D eigenvalue weighted by molar-refractivity contribution is 0.124. The third-order valence-electron chi connectivity index (χ3n) is 6.07. The summed E-state index contributed by atoms with van der Waals surface area (Å²) in [6.07, 6.45) is 3.70. The number of aliphatic hydroxyl groups excluding tert-OH is 1. The Kier molecular flexibility index (Phi) is 5.74. The lowest BCUT2D eigenvalue weighted by Gasteiger charge is -2.33. The van der Waals surface area contributed by atoms with Crippen LogP contribution in [0.2, 0.25) is 0 Å². The average Bonchev–Trinajstić information content (AvgIpc) is 3.13. The summed E-state index contributed by atoms with van der Waals surface area (Å²) in [5, 5.41) is 14.3. The van der Waals surface area contributed by atoms with Crippen molar-refractivity contribution < 1.29 is 14.3 Å². The van der Waals surface area contributed by atoms with Crippen molar-refractivity contribution in [2.45, 2.75) is 56.7 Å². The van der Waals surface area contributed by atoms with Gasteiger partial charge in [0.15, 0.2) is 5.58 Å². The zero-order valence-electron chi connectivity index (χ0n) is 16.9. The minimum atomic E-state index is -0.558. The number of H-pyrrole nitrogens is 1. The van der Waals surface area contributed by atoms with Gasteiger partial charge in [0.25, 0.3) is 0 Å². The Balaban J connectivity index is 1.33. The van der Waals surface area contributed by atoms with Crippen LogP contribution in [0.25, 0.3) is 11.1 Å². The highest BCUT2D eigenvalue weighted by molar-refractivity contribution is 5.72. The van der Waals surface area contributed by atoms with E-state index in [9.17, 15) is 9.90 Å². The number of ether oxygens (including phenoxy) is 1. The van der Waals surface area contributed by atoms with E-state index in [4.69, 9.17) is 9.15 Å². The standard InChI is InChI=1S/C23H28N2O4/c1-14(22(26)16-5-10-19(28-2)11-6-16)24-18-8-3-15(4-9-18)17-7-12-20-21(13-17)29-23(27)25-20/h5-7,10-15,18,22,24,26H,3-4,8-9H2,1-2H3,(H,25,27)/t14-,15?,18?,22+/m0/s1. The van der Waals surface area contributed by atoms with Crippen molar-refractivity contribution in [3.05, 3.63) is 64.1 Å². The molecular formula is C23H28N2O4. The van der Waals surface area contributed by atoms with Crippen molar-refractivity contribution in [1.82, 2.24) is 10.3 Å². The quantitative estimate of drug-likeness (QED) is 0.589. The van der Waals surface area contributed by atoms with Crippen molar-refractivity contribution >= 4 is 11.1 Å². The van der Waals surface area contributed by atoms with Crippen molar-refractivity contribution in [2.75, 3.05) is 7.11 Å². The Hall–Kier alpha value is -2.57. The second kappa shape index (κ2) is 8.43. The Labute approximate surface area is 169 Å². The molecule has 1 aromatic heterocycles. The van der Waals surface area contributed by atoms with Gasteiger partial charge in [0.1, 0.15) is 5.75 Å². The number of aromatic amines is 1. The third kappa shape index (κ3) is 4.38. The van der Waals surface area contributed by atoms with Gasteiger partial charge in [0.2, 0.25) is 0 Å². The molecule has 0 bridgehead atoms. The van der Waals surface area contributed by atoms with Crippen LogP contribution in [0.3, 0.4) is 0 Å². The number of hydrogen-bond acceptors (Lipinski definition) is 5. The SMILES string of the molecule is COc1ccc([C@H](O)[C@H](C)NC2CCC(c3ccc4[nH]c(=O)oc4c3)CC2)cc1. The molecule has 0 spiro atoms. The summed E-state index contributed by atoms with van der Waals surface area (Å²) >= 11 is 0. The largest absolute Gasteiger partial charge is 0.497 e. The van der Waals surface area contributed by atoms with Gasteiger partial charge in [-0.25, -0.2) is 4.79 Å². The number of benzene rings is 2. The minimum absolute atomic E-state index is 0.0320. The summed E-state index contributed by atoms with van der Waals surface area (Å²) in [4.78, 5) is 14.0. The van der Waals surface area contributed by atoms with Crippen LogP contribution >= 0.6 is 0 Å². The van der Waals surface area contributed by atoms with Gasteiger partial charge in [-0.1, -0.05) is 18.2 Å². The predicted molar refractivity (Wildman–Crippen MR) is 112 cm³/mol. The highest BCUT2D eigenvalue weighted by Crippen LogP contribution is 2.34. The van der Waals surface area contributed by atoms with E-state index in [2.05, 4.69) is 16.4 Å². The number of rotatable bonds is 6. The zero-order valence-corrected chi connectivity index (χ0v) is 16.9. The van der Waals surface area contributed by atoms with Crippen LogP contribution in [0, 0.1) is 0 Å². The monoisotopic (exact) mass is 396 g/mol. The lowest BCUT2D eigenvalue weighted by Crippen LogP contribution is -2.41. The van der Waals surface area contributed by atoms with E-state index in [1.807, 2.05) is 43.3 Å². The van der Waals surface area contributed by atoms with Crippen LogP contribution in [0.4, 0.5) is 0 Å². The summed E-state index contributed by atoms with van der Waals surface area (Å²) in [6, 6.07) is 13.9. The molecule has 6 nitrogen and oxygen atoms in total. The number of aliphatic hydroxyl groups is 1. The van der Waals surface area contributed by atoms with Crippen LogP contribution in [0.1, 0.15) is 55.8 Å². The molecule has 1 aliphatic rings. The number of fused-ring (bicyclic) bond motifs is 1. The van der Waals surface area contributed by atoms with Crippen LogP contribution in [0.15, 0.2) is 51.7 Å². The van der Waals surface area contributed by atoms with Gasteiger partial charge in [-0.2, -0.15) is 0 Å². The molecule has 0 radical (unpaired) electrons. The molecule has 29 heavy (non-hydrogen) atoms. The molecule has 1 saturated carbocycles. The Morgan fingerprint density at radius 2 is 1.86 bits per heavy atom. The van der Waals surface area contributed by atoms with Crippen LogP contribution in [-0.2, 0) is 0 Å². The van der Waals surface area contributed by atoms with E-state index < -0.39 is 11.9 Å². The predicted octanol–water partition coefficient (Wildman–Crippen LogP) is 3.87. The summed E-state index contributed by atoms with van der Waals surface area (Å²) in [5.41, 5.74) is 3.49. The highest BCUT2D eigenvalue weighted by atomic mass is 16.5. The summed E-state index contributed by atoms with van der Waals surface area (Å²) in [7, 11) is 1.64. The lowest BCUT2D eigenvalue weighted by atomic mass is 9.81. The molecule has 0 aliphatic heterocycles. The van der Waals surface area contributed by atoms with Crippen molar-refractivity contribution in [2.24, 2.45) is 0 Å². The zero-order chi connectivity index (χ0) is 20.4. The first-order chi connectivity index (χ1) is 14.0. The fraction of sp³-hybridized carbons (Fsp3) is 0.435. The number of methoxy groups -OCH3 is 1. The normalized spacial score (nSPS) is 21.8. The maximum absolute atomic E-state index is 11.4. The highest BCUT2D eigenvalue weighted by Gasteiger charge is 2.26. The summed E-state index contributed by atoms with van der Waals surface area (Å²) in [6.45, 7) is 2.03. The molecule has 2 aromatic carbocycles. The first-order valence-corrected chi connectivity index (χ1v) is 10.2. The molecule has 3 N–H and O–H groups in total. The molecule has 2 atom stereocenters. The molecular weight excluding hydrogens is 368 g/mol. The molecule has 4 rings (SSSR count). The smallest absolute Gasteiger partial charge is 0.417 e. The minimum Gasteiger partial charge on any atom is -0.497 e. The van der Waals surface area contributed by atoms with Gasteiger partial charge in [-0.05, 0) is 73.9 Å². The van der Waals surface area contributed by atoms with E-state index in [0.29, 0.717) is 17.5 Å². The van der Waals surface area contributed by atoms with Gasteiger partial charge >= 0.3 is 5.76 Å². The molecule has 154 valence electrons. The molecule has 1 aliphatic carbocycles. The van der Waals surface area contributed by atoms with Crippen LogP contribution in [-0.4, -0.2) is 29.3 Å². The van der Waals surface area contributed by atoms with Crippen molar-refractivity contribution in [1.29, 1.82) is 0 Å². The Bertz CT molecular complexity index is 1000. The molecule has 0 unspecified atom stereocenters. The van der Waals surface area contributed by atoms with E-state index in [1.54, 1.807) is 7.11 Å². The number of oxazole rings is 1. The molecule has 0 saturated heterocycles. The third-order valence-corrected chi connectivity index (χ3v) is 6.07. The summed E-state index contributed by atoms with van der Waals surface area (Å²) in [5.74, 6) is 0.853. The van der Waals surface area contributed by atoms with Gasteiger partial charge in [0.05, 0.1) is 18.7 Å². The van der Waals surface area contributed by atoms with Crippen molar-refractivity contribution in [3.63, 3.8) is 0 Å². The summed E-state index contributed by atoms with van der Waals surface area (Å²) < 4.78 is 10.4.